The van der Waals surface area contributed by atoms with Crippen LogP contribution in [0.1, 0.15) is 33.6 Å². The van der Waals surface area contributed by atoms with E-state index in [-0.39, 0.29) is 17.1 Å². The van der Waals surface area contributed by atoms with Crippen molar-refractivity contribution >= 4 is 0 Å². The second kappa shape index (κ2) is 2.83. The number of hydrogen-bond donors (Lipinski definition) is 1. The summed E-state index contributed by atoms with van der Waals surface area (Å²) in [5.74, 6) is 0. The van der Waals surface area contributed by atoms with E-state index in [4.69, 9.17) is 0 Å². The summed E-state index contributed by atoms with van der Waals surface area (Å²) >= 11 is 0. The third-order valence-corrected chi connectivity index (χ3v) is 4.01. The third-order valence-electron chi connectivity index (χ3n) is 4.01. The van der Waals surface area contributed by atoms with E-state index in [0.29, 0.717) is 0 Å². The Morgan fingerprint density at radius 2 is 2.14 bits per heavy atom. The number of hydrogen-bond acceptors (Lipinski definition) is 2. The summed E-state index contributed by atoms with van der Waals surface area (Å²) in [5.41, 5.74) is 1.56. The first-order valence-corrected chi connectivity index (χ1v) is 5.49. The molecule has 2 aliphatic rings. The highest BCUT2D eigenvalue weighted by Gasteiger charge is 2.56. The maximum absolute atomic E-state index is 9.80. The van der Waals surface area contributed by atoms with Crippen LogP contribution in [-0.2, 0) is 0 Å². The van der Waals surface area contributed by atoms with E-state index in [1.165, 1.54) is 5.57 Å². The van der Waals surface area contributed by atoms with E-state index in [9.17, 15) is 5.11 Å². The van der Waals surface area contributed by atoms with Crippen LogP contribution < -0.4 is 0 Å². The first kappa shape index (κ1) is 10.2. The highest BCUT2D eigenvalue weighted by atomic mass is 16.3. The SMILES string of the molecule is C=C1CCN2CC(O)CC12C(C)(C)C. The zero-order chi connectivity index (χ0) is 10.6. The Balaban J connectivity index is 2.41. The van der Waals surface area contributed by atoms with Crippen molar-refractivity contribution in [2.45, 2.75) is 45.3 Å². The van der Waals surface area contributed by atoms with Crippen molar-refractivity contribution in [3.63, 3.8) is 0 Å². The summed E-state index contributed by atoms with van der Waals surface area (Å²) in [6.45, 7) is 12.9. The molecule has 14 heavy (non-hydrogen) atoms. The number of β-amino-alcohol motifs (C(OH)–C–C–N with tert-alkyl or cyclic N) is 1. The number of aliphatic hydroxyl groups excluding tert-OH is 1. The molecule has 0 aromatic heterocycles. The number of aliphatic hydroxyl groups is 1. The van der Waals surface area contributed by atoms with Crippen molar-refractivity contribution in [2.75, 3.05) is 13.1 Å². The molecular weight excluding hydrogens is 174 g/mol. The monoisotopic (exact) mass is 195 g/mol. The predicted octanol–water partition coefficient (Wildman–Crippen LogP) is 1.80. The Bertz CT molecular complexity index is 266. The van der Waals surface area contributed by atoms with E-state index >= 15 is 0 Å². The fourth-order valence-electron chi connectivity index (χ4n) is 3.38. The smallest absolute Gasteiger partial charge is 0.0688 e. The van der Waals surface area contributed by atoms with Gasteiger partial charge in [-0.3, -0.25) is 4.90 Å². The molecule has 0 radical (unpaired) electrons. The van der Waals surface area contributed by atoms with Crippen LogP contribution >= 0.6 is 0 Å². The molecule has 2 heterocycles. The van der Waals surface area contributed by atoms with Gasteiger partial charge in [0.25, 0.3) is 0 Å². The van der Waals surface area contributed by atoms with Crippen LogP contribution in [0.2, 0.25) is 0 Å². The van der Waals surface area contributed by atoms with Crippen molar-refractivity contribution in [3.05, 3.63) is 12.2 Å². The van der Waals surface area contributed by atoms with Crippen molar-refractivity contribution in [2.24, 2.45) is 5.41 Å². The zero-order valence-electron chi connectivity index (χ0n) is 9.51. The predicted molar refractivity (Wildman–Crippen MR) is 58.1 cm³/mol. The van der Waals surface area contributed by atoms with Gasteiger partial charge in [-0.15, -0.1) is 0 Å². The van der Waals surface area contributed by atoms with Gasteiger partial charge < -0.3 is 5.11 Å². The van der Waals surface area contributed by atoms with Gasteiger partial charge in [0, 0.05) is 18.6 Å². The maximum Gasteiger partial charge on any atom is 0.0688 e. The lowest BCUT2D eigenvalue weighted by atomic mass is 9.69. The van der Waals surface area contributed by atoms with Crippen molar-refractivity contribution in [1.82, 2.24) is 4.90 Å². The fraction of sp³-hybridized carbons (Fsp3) is 0.833. The molecule has 2 unspecified atom stereocenters. The van der Waals surface area contributed by atoms with E-state index in [1.54, 1.807) is 0 Å². The normalized spacial score (nSPS) is 39.1. The van der Waals surface area contributed by atoms with E-state index in [0.717, 1.165) is 25.9 Å². The molecule has 2 aliphatic heterocycles. The molecule has 0 aromatic carbocycles. The average Bonchev–Trinajstić information content (AvgIpc) is 2.49. The standard InChI is InChI=1S/C12H21NO/c1-9-5-6-13-8-10(14)7-12(9,13)11(2,3)4/h10,14H,1,5-8H2,2-4H3. The summed E-state index contributed by atoms with van der Waals surface area (Å²) in [5, 5.41) is 9.80. The lowest BCUT2D eigenvalue weighted by Gasteiger charge is -2.44. The molecule has 0 spiro atoms. The van der Waals surface area contributed by atoms with Crippen LogP contribution in [0.25, 0.3) is 0 Å². The minimum Gasteiger partial charge on any atom is -0.392 e. The number of rotatable bonds is 0. The molecule has 0 aliphatic carbocycles. The summed E-state index contributed by atoms with van der Waals surface area (Å²) in [7, 11) is 0. The Labute approximate surface area is 86.6 Å². The molecule has 0 amide bonds. The molecule has 2 heteroatoms. The third kappa shape index (κ3) is 1.10. The lowest BCUT2D eigenvalue weighted by molar-refractivity contribution is 0.0924. The van der Waals surface area contributed by atoms with Gasteiger partial charge in [-0.2, -0.15) is 0 Å². The largest absolute Gasteiger partial charge is 0.392 e. The molecule has 2 saturated heterocycles. The highest BCUT2D eigenvalue weighted by molar-refractivity contribution is 5.30. The van der Waals surface area contributed by atoms with Crippen LogP contribution in [-0.4, -0.2) is 34.7 Å². The topological polar surface area (TPSA) is 23.5 Å². The van der Waals surface area contributed by atoms with Crippen molar-refractivity contribution < 1.29 is 5.11 Å². The highest BCUT2D eigenvalue weighted by Crippen LogP contribution is 2.52. The van der Waals surface area contributed by atoms with Crippen molar-refractivity contribution in [1.29, 1.82) is 0 Å². The van der Waals surface area contributed by atoms with E-state index < -0.39 is 0 Å². The molecule has 1 N–H and O–H groups in total. The quantitative estimate of drug-likeness (QED) is 0.596. The molecule has 2 atom stereocenters. The van der Waals surface area contributed by atoms with Crippen molar-refractivity contribution in [3.8, 4) is 0 Å². The van der Waals surface area contributed by atoms with Crippen LogP contribution in [0, 0.1) is 5.41 Å². The van der Waals surface area contributed by atoms with E-state index in [1.807, 2.05) is 0 Å². The fourth-order valence-corrected chi connectivity index (χ4v) is 3.38. The first-order chi connectivity index (χ1) is 6.38. The Morgan fingerprint density at radius 3 is 2.64 bits per heavy atom. The number of nitrogens with zero attached hydrogens (tertiary/aromatic N) is 1. The maximum atomic E-state index is 9.80. The first-order valence-electron chi connectivity index (χ1n) is 5.49. The van der Waals surface area contributed by atoms with Gasteiger partial charge in [0.2, 0.25) is 0 Å². The Kier molecular flexibility index (Phi) is 2.06. The van der Waals surface area contributed by atoms with Crippen LogP contribution in [0.5, 0.6) is 0 Å². The van der Waals surface area contributed by atoms with Gasteiger partial charge in [0.1, 0.15) is 0 Å². The second-order valence-electron chi connectivity index (χ2n) is 5.77. The minimum absolute atomic E-state index is 0.0619. The Morgan fingerprint density at radius 1 is 1.50 bits per heavy atom. The molecule has 0 bridgehead atoms. The van der Waals surface area contributed by atoms with E-state index in [2.05, 4.69) is 32.3 Å². The van der Waals surface area contributed by atoms with Gasteiger partial charge in [-0.05, 0) is 18.3 Å². The van der Waals surface area contributed by atoms with Crippen LogP contribution in [0.15, 0.2) is 12.2 Å². The van der Waals surface area contributed by atoms with Gasteiger partial charge in [-0.25, -0.2) is 0 Å². The minimum atomic E-state index is -0.161. The lowest BCUT2D eigenvalue weighted by Crippen LogP contribution is -2.50. The summed E-state index contributed by atoms with van der Waals surface area (Å²) in [4.78, 5) is 2.43. The second-order valence-corrected chi connectivity index (χ2v) is 5.77. The summed E-state index contributed by atoms with van der Waals surface area (Å²) in [6, 6.07) is 0. The summed E-state index contributed by atoms with van der Waals surface area (Å²) in [6.07, 6.45) is 1.81. The molecule has 0 aromatic rings. The molecule has 80 valence electrons. The Hall–Kier alpha value is -0.340. The zero-order valence-corrected chi connectivity index (χ0v) is 9.51. The average molecular weight is 195 g/mol. The van der Waals surface area contributed by atoms with Crippen LogP contribution in [0.3, 0.4) is 0 Å². The van der Waals surface area contributed by atoms with Gasteiger partial charge in [0.15, 0.2) is 0 Å². The molecule has 0 saturated carbocycles. The molecule has 2 rings (SSSR count). The van der Waals surface area contributed by atoms with Gasteiger partial charge >= 0.3 is 0 Å². The van der Waals surface area contributed by atoms with Gasteiger partial charge in [-0.1, -0.05) is 32.9 Å². The molecular formula is C12H21NO. The molecule has 2 fully saturated rings. The summed E-state index contributed by atoms with van der Waals surface area (Å²) < 4.78 is 0. The van der Waals surface area contributed by atoms with Crippen LogP contribution in [0.4, 0.5) is 0 Å². The molecule has 2 nitrogen and oxygen atoms in total. The number of fused-ring (bicyclic) bond motifs is 1. The van der Waals surface area contributed by atoms with Gasteiger partial charge in [0.05, 0.1) is 6.10 Å².